The molecule has 7 heteroatoms. The maximum atomic E-state index is 6.15. The molecule has 2 fully saturated rings. The number of aromatic nitrogens is 2. The first kappa shape index (κ1) is 12.0. The van der Waals surface area contributed by atoms with Crippen LogP contribution in [0.1, 0.15) is 12.8 Å². The predicted molar refractivity (Wildman–Crippen MR) is 71.7 cm³/mol. The van der Waals surface area contributed by atoms with Gasteiger partial charge in [-0.1, -0.05) is 11.6 Å². The van der Waals surface area contributed by atoms with Gasteiger partial charge in [0.2, 0.25) is 5.95 Å². The van der Waals surface area contributed by atoms with Gasteiger partial charge >= 0.3 is 0 Å². The highest BCUT2D eigenvalue weighted by molar-refractivity contribution is 6.32. The minimum Gasteiger partial charge on any atom is -0.353 e. The van der Waals surface area contributed by atoms with E-state index < -0.39 is 0 Å². The summed E-state index contributed by atoms with van der Waals surface area (Å²) in [6.45, 7) is 4.07. The highest BCUT2D eigenvalue weighted by atomic mass is 35.5. The van der Waals surface area contributed by atoms with E-state index in [0.717, 1.165) is 38.0 Å². The van der Waals surface area contributed by atoms with Crippen molar-refractivity contribution in [3.63, 3.8) is 0 Å². The van der Waals surface area contributed by atoms with E-state index in [1.807, 2.05) is 0 Å². The average molecular weight is 269 g/mol. The Morgan fingerprint density at radius 2 is 2.00 bits per heavy atom. The first-order valence-corrected chi connectivity index (χ1v) is 6.64. The summed E-state index contributed by atoms with van der Waals surface area (Å²) in [6, 6.07) is 0.828. The third-order valence-corrected chi connectivity index (χ3v) is 3.80. The van der Waals surface area contributed by atoms with E-state index in [9.17, 15) is 0 Å². The Balaban J connectivity index is 1.71. The zero-order valence-corrected chi connectivity index (χ0v) is 10.9. The van der Waals surface area contributed by atoms with Crippen LogP contribution in [-0.4, -0.2) is 47.1 Å². The second-order valence-corrected chi connectivity index (χ2v) is 5.17. The van der Waals surface area contributed by atoms with Crippen molar-refractivity contribution in [2.45, 2.75) is 18.9 Å². The van der Waals surface area contributed by atoms with Gasteiger partial charge in [0.15, 0.2) is 5.82 Å². The van der Waals surface area contributed by atoms with E-state index in [-0.39, 0.29) is 0 Å². The van der Waals surface area contributed by atoms with Crippen molar-refractivity contribution in [3.8, 4) is 0 Å². The van der Waals surface area contributed by atoms with Gasteiger partial charge in [0.05, 0.1) is 6.20 Å². The van der Waals surface area contributed by atoms with Crippen LogP contribution in [-0.2, 0) is 0 Å². The maximum absolute atomic E-state index is 6.15. The molecule has 2 aliphatic rings. The molecule has 1 aromatic rings. The number of halogens is 1. The zero-order valence-electron chi connectivity index (χ0n) is 10.1. The third kappa shape index (κ3) is 2.36. The summed E-state index contributed by atoms with van der Waals surface area (Å²) in [5, 5.41) is 0.578. The highest BCUT2D eigenvalue weighted by Gasteiger charge is 2.31. The van der Waals surface area contributed by atoms with Crippen LogP contribution < -0.4 is 16.2 Å². The third-order valence-electron chi connectivity index (χ3n) is 3.53. The molecule has 98 valence electrons. The van der Waals surface area contributed by atoms with E-state index >= 15 is 0 Å². The molecule has 0 aromatic carbocycles. The van der Waals surface area contributed by atoms with Gasteiger partial charge in [-0.3, -0.25) is 10.3 Å². The van der Waals surface area contributed by atoms with Crippen molar-refractivity contribution in [1.29, 1.82) is 0 Å². The molecule has 1 aromatic heterocycles. The van der Waals surface area contributed by atoms with Crippen LogP contribution in [0.5, 0.6) is 0 Å². The van der Waals surface area contributed by atoms with Crippen LogP contribution in [0.2, 0.25) is 5.02 Å². The first-order chi connectivity index (χ1) is 8.78. The molecule has 1 saturated heterocycles. The van der Waals surface area contributed by atoms with Gasteiger partial charge in [-0.05, 0) is 12.8 Å². The van der Waals surface area contributed by atoms with Gasteiger partial charge in [0.1, 0.15) is 5.02 Å². The summed E-state index contributed by atoms with van der Waals surface area (Å²) in [4.78, 5) is 13.1. The number of hydrogen-bond acceptors (Lipinski definition) is 6. The molecule has 1 aliphatic heterocycles. The van der Waals surface area contributed by atoms with E-state index in [1.54, 1.807) is 6.20 Å². The van der Waals surface area contributed by atoms with Crippen LogP contribution in [0.4, 0.5) is 11.8 Å². The number of rotatable bonds is 3. The number of nitrogens with one attached hydrogen (secondary N) is 1. The smallest absolute Gasteiger partial charge is 0.239 e. The summed E-state index contributed by atoms with van der Waals surface area (Å²) in [5.74, 6) is 6.50. The second kappa shape index (κ2) is 4.87. The number of anilines is 2. The first-order valence-electron chi connectivity index (χ1n) is 6.26. The average Bonchev–Trinajstić information content (AvgIpc) is 3.24. The number of piperazine rings is 1. The van der Waals surface area contributed by atoms with Gasteiger partial charge in [-0.25, -0.2) is 10.8 Å². The molecule has 0 radical (unpaired) electrons. The predicted octanol–water partition coefficient (Wildman–Crippen LogP) is 0.700. The lowest BCUT2D eigenvalue weighted by Crippen LogP contribution is -2.47. The van der Waals surface area contributed by atoms with Gasteiger partial charge < -0.3 is 4.90 Å². The lowest BCUT2D eigenvalue weighted by Gasteiger charge is -2.35. The topological polar surface area (TPSA) is 70.3 Å². The van der Waals surface area contributed by atoms with E-state index in [0.29, 0.717) is 11.0 Å². The molecule has 1 saturated carbocycles. The minimum absolute atomic E-state index is 0.402. The Hall–Kier alpha value is -1.11. The molecule has 2 heterocycles. The largest absolute Gasteiger partial charge is 0.353 e. The fourth-order valence-electron chi connectivity index (χ4n) is 2.39. The monoisotopic (exact) mass is 268 g/mol. The zero-order chi connectivity index (χ0) is 12.5. The maximum Gasteiger partial charge on any atom is 0.239 e. The van der Waals surface area contributed by atoms with Crippen LogP contribution in [0.25, 0.3) is 0 Å². The molecule has 0 atom stereocenters. The summed E-state index contributed by atoms with van der Waals surface area (Å²) in [7, 11) is 0. The van der Waals surface area contributed by atoms with E-state index in [2.05, 4.69) is 25.2 Å². The standard InChI is InChI=1S/C11H17ClN6/c12-9-7-14-11(16-13)15-10(9)18-5-3-17(4-6-18)8-1-2-8/h7-8H,1-6,13H2,(H,14,15,16). The van der Waals surface area contributed by atoms with Gasteiger partial charge in [0.25, 0.3) is 0 Å². The van der Waals surface area contributed by atoms with Gasteiger partial charge in [-0.2, -0.15) is 4.98 Å². The van der Waals surface area contributed by atoms with Gasteiger partial charge in [-0.15, -0.1) is 0 Å². The molecule has 18 heavy (non-hydrogen) atoms. The number of hydrazine groups is 1. The van der Waals surface area contributed by atoms with Crippen LogP contribution in [0, 0.1) is 0 Å². The molecular formula is C11H17ClN6. The van der Waals surface area contributed by atoms with E-state index in [1.165, 1.54) is 12.8 Å². The molecule has 6 nitrogen and oxygen atoms in total. The summed E-state index contributed by atoms with van der Waals surface area (Å²) >= 11 is 6.15. The van der Waals surface area contributed by atoms with Crippen molar-refractivity contribution >= 4 is 23.4 Å². The second-order valence-electron chi connectivity index (χ2n) is 4.76. The molecular weight excluding hydrogens is 252 g/mol. The Bertz CT molecular complexity index is 428. The Labute approximate surface area is 111 Å². The van der Waals surface area contributed by atoms with Crippen molar-refractivity contribution in [2.75, 3.05) is 36.5 Å². The quantitative estimate of drug-likeness (QED) is 0.621. The molecule has 0 spiro atoms. The summed E-state index contributed by atoms with van der Waals surface area (Å²) in [6.07, 6.45) is 4.30. The molecule has 0 amide bonds. The summed E-state index contributed by atoms with van der Waals surface area (Å²) < 4.78 is 0. The molecule has 0 unspecified atom stereocenters. The van der Waals surface area contributed by atoms with Crippen LogP contribution in [0.15, 0.2) is 6.20 Å². The fraction of sp³-hybridized carbons (Fsp3) is 0.636. The summed E-state index contributed by atoms with van der Waals surface area (Å²) in [5.41, 5.74) is 2.45. The van der Waals surface area contributed by atoms with Crippen molar-refractivity contribution < 1.29 is 0 Å². The van der Waals surface area contributed by atoms with Crippen molar-refractivity contribution in [3.05, 3.63) is 11.2 Å². The van der Waals surface area contributed by atoms with Crippen molar-refractivity contribution in [2.24, 2.45) is 5.84 Å². The number of hydrogen-bond donors (Lipinski definition) is 2. The SMILES string of the molecule is NNc1ncc(Cl)c(N2CCN(C3CC3)CC2)n1. The van der Waals surface area contributed by atoms with Crippen LogP contribution in [0.3, 0.4) is 0 Å². The highest BCUT2D eigenvalue weighted by Crippen LogP contribution is 2.29. The molecule has 0 bridgehead atoms. The van der Waals surface area contributed by atoms with E-state index in [4.69, 9.17) is 17.4 Å². The Morgan fingerprint density at radius 3 is 2.61 bits per heavy atom. The molecule has 1 aliphatic carbocycles. The number of nitrogens with two attached hydrogens (primary N) is 1. The normalized spacial score (nSPS) is 21.1. The fourth-order valence-corrected chi connectivity index (χ4v) is 2.60. The Morgan fingerprint density at radius 1 is 1.28 bits per heavy atom. The Kier molecular flexibility index (Phi) is 3.23. The lowest BCUT2D eigenvalue weighted by molar-refractivity contribution is 0.247. The number of nitrogen functional groups attached to an aromatic ring is 1. The molecule has 3 rings (SSSR count). The van der Waals surface area contributed by atoms with Gasteiger partial charge in [0, 0.05) is 32.2 Å². The van der Waals surface area contributed by atoms with Crippen molar-refractivity contribution in [1.82, 2.24) is 14.9 Å². The number of nitrogens with zero attached hydrogens (tertiary/aromatic N) is 4. The lowest BCUT2D eigenvalue weighted by atomic mass is 10.3. The van der Waals surface area contributed by atoms with Crippen LogP contribution >= 0.6 is 11.6 Å². The molecule has 3 N–H and O–H groups in total. The minimum atomic E-state index is 0.402.